The van der Waals surface area contributed by atoms with E-state index in [1.54, 1.807) is 16.8 Å². The summed E-state index contributed by atoms with van der Waals surface area (Å²) in [5, 5.41) is 15.7. The smallest absolute Gasteiger partial charge is 0.230 e. The summed E-state index contributed by atoms with van der Waals surface area (Å²) in [7, 11) is 0. The summed E-state index contributed by atoms with van der Waals surface area (Å²) < 4.78 is 1.59. The molecule has 1 aromatic carbocycles. The van der Waals surface area contributed by atoms with Gasteiger partial charge in [0.15, 0.2) is 0 Å². The molecule has 0 unspecified atom stereocenters. The van der Waals surface area contributed by atoms with Crippen LogP contribution in [-0.4, -0.2) is 38.4 Å². The predicted octanol–water partition coefficient (Wildman–Crippen LogP) is 2.57. The Morgan fingerprint density at radius 1 is 1.36 bits per heavy atom. The van der Waals surface area contributed by atoms with Crippen molar-refractivity contribution in [1.29, 1.82) is 0 Å². The third-order valence-corrected chi connectivity index (χ3v) is 4.06. The molecular weight excluding hydrogens is 322 g/mol. The molecule has 6 nitrogen and oxygen atoms in total. The standard InChI is InChI=1S/C14H18ClN5OS/c1-10(2)7-8-16-13(21)9-22-14-17-18-19-20(14)12-5-3-11(15)4-6-12/h3-6,10H,7-9H2,1-2H3,(H,16,21). The SMILES string of the molecule is CC(C)CCNC(=O)CSc1nnnn1-c1ccc(Cl)cc1. The average molecular weight is 340 g/mol. The van der Waals surface area contributed by atoms with Crippen LogP contribution in [0.4, 0.5) is 0 Å². The monoisotopic (exact) mass is 339 g/mol. The van der Waals surface area contributed by atoms with E-state index in [-0.39, 0.29) is 11.7 Å². The van der Waals surface area contributed by atoms with Gasteiger partial charge in [-0.1, -0.05) is 37.2 Å². The van der Waals surface area contributed by atoms with E-state index in [1.165, 1.54) is 11.8 Å². The van der Waals surface area contributed by atoms with Crippen LogP contribution in [0.15, 0.2) is 29.4 Å². The number of aromatic nitrogens is 4. The Morgan fingerprint density at radius 2 is 2.09 bits per heavy atom. The number of hydrogen-bond donors (Lipinski definition) is 1. The molecule has 0 aliphatic rings. The summed E-state index contributed by atoms with van der Waals surface area (Å²) in [6, 6.07) is 7.19. The van der Waals surface area contributed by atoms with Gasteiger partial charge in [-0.3, -0.25) is 4.79 Å². The molecule has 2 rings (SSSR count). The average Bonchev–Trinajstić information content (AvgIpc) is 2.94. The van der Waals surface area contributed by atoms with Gasteiger partial charge in [0, 0.05) is 11.6 Å². The molecule has 0 radical (unpaired) electrons. The van der Waals surface area contributed by atoms with Crippen LogP contribution in [0.5, 0.6) is 0 Å². The van der Waals surface area contributed by atoms with E-state index in [4.69, 9.17) is 11.6 Å². The number of rotatable bonds is 7. The van der Waals surface area contributed by atoms with Crippen LogP contribution in [0.25, 0.3) is 5.69 Å². The van der Waals surface area contributed by atoms with E-state index in [9.17, 15) is 4.79 Å². The highest BCUT2D eigenvalue weighted by Gasteiger charge is 2.11. The highest BCUT2D eigenvalue weighted by atomic mass is 35.5. The number of thioether (sulfide) groups is 1. The largest absolute Gasteiger partial charge is 0.355 e. The fourth-order valence-corrected chi connectivity index (χ4v) is 2.54. The second kappa shape index (κ2) is 8.14. The number of nitrogens with one attached hydrogen (secondary N) is 1. The van der Waals surface area contributed by atoms with E-state index < -0.39 is 0 Å². The Labute approximate surface area is 138 Å². The number of carbonyl (C=O) groups excluding carboxylic acids is 1. The molecule has 0 aliphatic heterocycles. The highest BCUT2D eigenvalue weighted by molar-refractivity contribution is 7.99. The second-order valence-corrected chi connectivity index (χ2v) is 6.55. The Bertz CT molecular complexity index is 614. The van der Waals surface area contributed by atoms with Crippen molar-refractivity contribution in [1.82, 2.24) is 25.5 Å². The molecule has 0 spiro atoms. The zero-order chi connectivity index (χ0) is 15.9. The van der Waals surface area contributed by atoms with Crippen molar-refractivity contribution in [3.05, 3.63) is 29.3 Å². The maximum atomic E-state index is 11.8. The number of carbonyl (C=O) groups is 1. The van der Waals surface area contributed by atoms with Gasteiger partial charge in [-0.05, 0) is 47.0 Å². The van der Waals surface area contributed by atoms with Crippen molar-refractivity contribution >= 4 is 29.3 Å². The van der Waals surface area contributed by atoms with Gasteiger partial charge in [0.25, 0.3) is 0 Å². The Kier molecular flexibility index (Phi) is 6.21. The second-order valence-electron chi connectivity index (χ2n) is 5.17. The van der Waals surface area contributed by atoms with E-state index >= 15 is 0 Å². The van der Waals surface area contributed by atoms with E-state index in [0.29, 0.717) is 22.6 Å². The van der Waals surface area contributed by atoms with Gasteiger partial charge in [0.1, 0.15) is 0 Å². The van der Waals surface area contributed by atoms with Crippen molar-refractivity contribution in [2.24, 2.45) is 5.92 Å². The van der Waals surface area contributed by atoms with Crippen LogP contribution >= 0.6 is 23.4 Å². The van der Waals surface area contributed by atoms with E-state index in [0.717, 1.165) is 12.1 Å². The van der Waals surface area contributed by atoms with Gasteiger partial charge in [-0.2, -0.15) is 4.68 Å². The lowest BCUT2D eigenvalue weighted by Gasteiger charge is -2.07. The first-order chi connectivity index (χ1) is 10.6. The zero-order valence-electron chi connectivity index (χ0n) is 12.5. The summed E-state index contributed by atoms with van der Waals surface area (Å²) in [5.74, 6) is 0.841. The lowest BCUT2D eigenvalue weighted by atomic mass is 10.1. The first-order valence-electron chi connectivity index (χ1n) is 7.00. The quantitative estimate of drug-likeness (QED) is 0.785. The molecule has 0 bridgehead atoms. The van der Waals surface area contributed by atoms with Gasteiger partial charge in [-0.15, -0.1) is 5.10 Å². The van der Waals surface area contributed by atoms with Crippen molar-refractivity contribution in [2.45, 2.75) is 25.4 Å². The summed E-state index contributed by atoms with van der Waals surface area (Å²) in [5.41, 5.74) is 0.803. The van der Waals surface area contributed by atoms with Gasteiger partial charge in [0.2, 0.25) is 11.1 Å². The van der Waals surface area contributed by atoms with Crippen LogP contribution < -0.4 is 5.32 Å². The molecule has 0 saturated heterocycles. The third kappa shape index (κ3) is 4.99. The Balaban J connectivity index is 1.90. The molecule has 0 saturated carbocycles. The first kappa shape index (κ1) is 16.8. The van der Waals surface area contributed by atoms with E-state index in [2.05, 4.69) is 34.7 Å². The molecular formula is C14H18ClN5OS. The van der Waals surface area contributed by atoms with Gasteiger partial charge in [-0.25, -0.2) is 0 Å². The van der Waals surface area contributed by atoms with Crippen molar-refractivity contribution < 1.29 is 4.79 Å². The normalized spacial score (nSPS) is 10.9. The molecule has 22 heavy (non-hydrogen) atoms. The van der Waals surface area contributed by atoms with Crippen LogP contribution in [-0.2, 0) is 4.79 Å². The molecule has 1 N–H and O–H groups in total. The third-order valence-electron chi connectivity index (χ3n) is 2.89. The maximum absolute atomic E-state index is 11.8. The van der Waals surface area contributed by atoms with E-state index in [1.807, 2.05) is 12.1 Å². The first-order valence-corrected chi connectivity index (χ1v) is 8.36. The lowest BCUT2D eigenvalue weighted by Crippen LogP contribution is -2.27. The predicted molar refractivity (Wildman–Crippen MR) is 87.4 cm³/mol. The lowest BCUT2D eigenvalue weighted by molar-refractivity contribution is -0.118. The topological polar surface area (TPSA) is 72.7 Å². The van der Waals surface area contributed by atoms with Crippen LogP contribution in [0.1, 0.15) is 20.3 Å². The minimum atomic E-state index is -0.0173. The number of halogens is 1. The summed E-state index contributed by atoms with van der Waals surface area (Å²) in [6.07, 6.45) is 0.971. The molecule has 2 aromatic rings. The maximum Gasteiger partial charge on any atom is 0.230 e. The van der Waals surface area contributed by atoms with Gasteiger partial charge in [0.05, 0.1) is 11.4 Å². The Morgan fingerprint density at radius 3 is 2.77 bits per heavy atom. The summed E-state index contributed by atoms with van der Waals surface area (Å²) in [4.78, 5) is 11.8. The number of hydrogen-bond acceptors (Lipinski definition) is 5. The fraction of sp³-hybridized carbons (Fsp3) is 0.429. The number of benzene rings is 1. The fourth-order valence-electron chi connectivity index (χ4n) is 1.69. The molecule has 0 atom stereocenters. The summed E-state index contributed by atoms with van der Waals surface area (Å²) >= 11 is 7.17. The van der Waals surface area contributed by atoms with Crippen molar-refractivity contribution in [3.63, 3.8) is 0 Å². The number of nitrogens with zero attached hydrogens (tertiary/aromatic N) is 4. The molecule has 118 valence electrons. The number of tetrazole rings is 1. The molecule has 8 heteroatoms. The van der Waals surface area contributed by atoms with Crippen LogP contribution in [0, 0.1) is 5.92 Å². The Hall–Kier alpha value is -1.60. The van der Waals surface area contributed by atoms with Crippen LogP contribution in [0.2, 0.25) is 5.02 Å². The zero-order valence-corrected chi connectivity index (χ0v) is 14.1. The minimum absolute atomic E-state index is 0.0173. The molecule has 1 aromatic heterocycles. The van der Waals surface area contributed by atoms with Crippen molar-refractivity contribution in [2.75, 3.05) is 12.3 Å². The summed E-state index contributed by atoms with van der Waals surface area (Å²) in [6.45, 7) is 4.95. The van der Waals surface area contributed by atoms with Crippen LogP contribution in [0.3, 0.4) is 0 Å². The molecule has 0 aliphatic carbocycles. The van der Waals surface area contributed by atoms with Gasteiger partial charge >= 0.3 is 0 Å². The van der Waals surface area contributed by atoms with Gasteiger partial charge < -0.3 is 5.32 Å². The number of amides is 1. The minimum Gasteiger partial charge on any atom is -0.355 e. The molecule has 1 heterocycles. The van der Waals surface area contributed by atoms with Crippen molar-refractivity contribution in [3.8, 4) is 5.69 Å². The highest BCUT2D eigenvalue weighted by Crippen LogP contribution is 2.19. The molecule has 1 amide bonds. The molecule has 0 fully saturated rings.